The fourth-order valence-corrected chi connectivity index (χ4v) is 5.86. The monoisotopic (exact) mass is 487 g/mol. The number of likely N-dealkylation sites (tertiary alicyclic amines) is 1. The largest absolute Gasteiger partial charge is 0.487 e. The van der Waals surface area contributed by atoms with Gasteiger partial charge in [0.15, 0.2) is 0 Å². The molecule has 5 rings (SSSR count). The molecule has 2 aromatic rings. The lowest BCUT2D eigenvalue weighted by atomic mass is 9.64. The molecule has 3 aliphatic rings. The fraction of sp³-hybridized carbons (Fsp3) is 0.583. The van der Waals surface area contributed by atoms with Crippen LogP contribution in [0.25, 0.3) is 0 Å². The topological polar surface area (TPSA) is 56.6 Å². The molecule has 0 radical (unpaired) electrons. The van der Waals surface area contributed by atoms with Gasteiger partial charge in [-0.1, -0.05) is 22.0 Å². The number of rotatable bonds is 2. The van der Waals surface area contributed by atoms with Crippen LogP contribution in [-0.2, 0) is 16.1 Å². The summed E-state index contributed by atoms with van der Waals surface area (Å²) in [5, 5.41) is 0. The number of nitrogens with zero attached hydrogens (tertiary/aromatic N) is 3. The van der Waals surface area contributed by atoms with E-state index in [0.717, 1.165) is 60.6 Å². The zero-order chi connectivity index (χ0) is 21.8. The van der Waals surface area contributed by atoms with Gasteiger partial charge in [-0.3, -0.25) is 4.79 Å². The second-order valence-electron chi connectivity index (χ2n) is 9.91. The van der Waals surface area contributed by atoms with E-state index < -0.39 is 0 Å². The number of hydrogen-bond acceptors (Lipinski definition) is 4. The van der Waals surface area contributed by atoms with Crippen LogP contribution in [0.15, 0.2) is 35.1 Å². The molecule has 7 heteroatoms. The highest BCUT2D eigenvalue weighted by atomic mass is 79.9. The van der Waals surface area contributed by atoms with Crippen molar-refractivity contribution in [3.8, 4) is 5.75 Å². The SMILES string of the molecule is Cc1nccn1CC(=O)N1CCC2(CC1)COC1c3ccc(Br)cc3OC(C)(C)C1C2. The summed E-state index contributed by atoms with van der Waals surface area (Å²) < 4.78 is 16.0. The van der Waals surface area contributed by atoms with E-state index in [9.17, 15) is 4.79 Å². The Balaban J connectivity index is 1.28. The standard InChI is InChI=1S/C24H30BrN3O3/c1-16-26-8-11-28(16)14-21(29)27-9-6-24(7-10-27)13-19-22(30-15-24)18-5-4-17(25)12-20(18)31-23(19,2)3/h4-5,8,11-12,19,22H,6-7,9-10,13-15H2,1-3H3. The van der Waals surface area contributed by atoms with Gasteiger partial charge >= 0.3 is 0 Å². The van der Waals surface area contributed by atoms with Crippen molar-refractivity contribution in [3.05, 3.63) is 46.5 Å². The Morgan fingerprint density at radius 2 is 2.06 bits per heavy atom. The Morgan fingerprint density at radius 1 is 1.29 bits per heavy atom. The number of benzene rings is 1. The second kappa shape index (κ2) is 7.62. The van der Waals surface area contributed by atoms with Crippen LogP contribution < -0.4 is 4.74 Å². The molecule has 2 fully saturated rings. The van der Waals surface area contributed by atoms with Gasteiger partial charge in [-0.15, -0.1) is 0 Å². The number of imidazole rings is 1. The Bertz CT molecular complexity index is 994. The summed E-state index contributed by atoms with van der Waals surface area (Å²) in [4.78, 5) is 19.0. The highest BCUT2D eigenvalue weighted by molar-refractivity contribution is 9.10. The van der Waals surface area contributed by atoms with Crippen LogP contribution in [0.4, 0.5) is 0 Å². The summed E-state index contributed by atoms with van der Waals surface area (Å²) in [6.07, 6.45) is 6.72. The van der Waals surface area contributed by atoms with Crippen molar-refractivity contribution in [3.63, 3.8) is 0 Å². The van der Waals surface area contributed by atoms with E-state index in [1.807, 2.05) is 28.7 Å². The van der Waals surface area contributed by atoms with Crippen molar-refractivity contribution >= 4 is 21.8 Å². The highest BCUT2D eigenvalue weighted by Crippen LogP contribution is 2.55. The first-order valence-corrected chi connectivity index (χ1v) is 11.9. The molecule has 2 atom stereocenters. The molecule has 0 N–H and O–H groups in total. The van der Waals surface area contributed by atoms with Crippen molar-refractivity contribution in [1.82, 2.24) is 14.5 Å². The summed E-state index contributed by atoms with van der Waals surface area (Å²) in [5.41, 5.74) is 0.986. The molecule has 3 aliphatic heterocycles. The number of carbonyl (C=O) groups is 1. The first-order chi connectivity index (χ1) is 14.8. The van der Waals surface area contributed by atoms with Crippen LogP contribution >= 0.6 is 15.9 Å². The number of amides is 1. The average molecular weight is 488 g/mol. The maximum atomic E-state index is 12.8. The van der Waals surface area contributed by atoms with E-state index in [4.69, 9.17) is 9.47 Å². The van der Waals surface area contributed by atoms with E-state index in [0.29, 0.717) is 12.5 Å². The van der Waals surface area contributed by atoms with Gasteiger partial charge in [0.05, 0.1) is 12.7 Å². The summed E-state index contributed by atoms with van der Waals surface area (Å²) in [6, 6.07) is 6.24. The normalized spacial score (nSPS) is 26.1. The molecule has 1 spiro atoms. The lowest BCUT2D eigenvalue weighted by Gasteiger charge is -2.54. The number of carbonyl (C=O) groups excluding carboxylic acids is 1. The minimum Gasteiger partial charge on any atom is -0.487 e. The van der Waals surface area contributed by atoms with Crippen molar-refractivity contribution in [1.29, 1.82) is 0 Å². The van der Waals surface area contributed by atoms with Gasteiger partial charge in [0.25, 0.3) is 0 Å². The first kappa shape index (κ1) is 21.0. The van der Waals surface area contributed by atoms with E-state index in [1.165, 1.54) is 0 Å². The number of hydrogen-bond donors (Lipinski definition) is 0. The van der Waals surface area contributed by atoms with Crippen LogP contribution in [0.5, 0.6) is 5.75 Å². The van der Waals surface area contributed by atoms with Gasteiger partial charge in [0, 0.05) is 41.4 Å². The van der Waals surface area contributed by atoms with Crippen molar-refractivity contribution in [2.75, 3.05) is 19.7 Å². The average Bonchev–Trinajstić information content (AvgIpc) is 3.13. The van der Waals surface area contributed by atoms with Gasteiger partial charge in [-0.2, -0.15) is 0 Å². The zero-order valence-electron chi connectivity index (χ0n) is 18.4. The summed E-state index contributed by atoms with van der Waals surface area (Å²) in [5.74, 6) is 2.27. The predicted molar refractivity (Wildman–Crippen MR) is 121 cm³/mol. The quantitative estimate of drug-likeness (QED) is 0.624. The molecule has 31 heavy (non-hydrogen) atoms. The Kier molecular flexibility index (Phi) is 5.17. The lowest BCUT2D eigenvalue weighted by Crippen LogP contribution is -2.54. The molecule has 166 valence electrons. The molecule has 0 aliphatic carbocycles. The molecule has 1 aromatic heterocycles. The molecule has 1 aromatic carbocycles. The van der Waals surface area contributed by atoms with Crippen molar-refractivity contribution in [2.24, 2.45) is 11.3 Å². The van der Waals surface area contributed by atoms with E-state index in [1.54, 1.807) is 6.20 Å². The third-order valence-corrected chi connectivity index (χ3v) is 8.03. The molecule has 2 saturated heterocycles. The molecule has 1 amide bonds. The third kappa shape index (κ3) is 3.80. The number of aromatic nitrogens is 2. The molecule has 0 saturated carbocycles. The zero-order valence-corrected chi connectivity index (χ0v) is 20.0. The molecule has 4 heterocycles. The lowest BCUT2D eigenvalue weighted by molar-refractivity contribution is -0.176. The van der Waals surface area contributed by atoms with E-state index >= 15 is 0 Å². The molecular weight excluding hydrogens is 458 g/mol. The number of halogens is 1. The highest BCUT2D eigenvalue weighted by Gasteiger charge is 2.52. The smallest absolute Gasteiger partial charge is 0.242 e. The molecule has 2 unspecified atom stereocenters. The van der Waals surface area contributed by atoms with Gasteiger partial charge in [0.2, 0.25) is 5.91 Å². The summed E-state index contributed by atoms with van der Waals surface area (Å²) >= 11 is 3.56. The maximum absolute atomic E-state index is 12.8. The Labute approximate surface area is 192 Å². The Morgan fingerprint density at radius 3 is 2.77 bits per heavy atom. The minimum atomic E-state index is -0.294. The van der Waals surface area contributed by atoms with Crippen LogP contribution in [-0.4, -0.2) is 45.7 Å². The molecule has 0 bridgehead atoms. The van der Waals surface area contributed by atoms with Crippen LogP contribution in [0, 0.1) is 18.3 Å². The van der Waals surface area contributed by atoms with E-state index in [-0.39, 0.29) is 23.0 Å². The van der Waals surface area contributed by atoms with Crippen LogP contribution in [0.1, 0.15) is 50.6 Å². The number of aryl methyl sites for hydroxylation is 1. The Hall–Kier alpha value is -1.86. The fourth-order valence-electron chi connectivity index (χ4n) is 5.52. The van der Waals surface area contributed by atoms with Crippen LogP contribution in [0.2, 0.25) is 0 Å². The second-order valence-corrected chi connectivity index (χ2v) is 10.8. The summed E-state index contributed by atoms with van der Waals surface area (Å²) in [6.45, 7) is 9.00. The van der Waals surface area contributed by atoms with Gasteiger partial charge in [0.1, 0.15) is 23.7 Å². The number of ether oxygens (including phenoxy) is 2. The van der Waals surface area contributed by atoms with Gasteiger partial charge in [-0.25, -0.2) is 4.98 Å². The van der Waals surface area contributed by atoms with Crippen molar-refractivity contribution in [2.45, 2.75) is 58.3 Å². The predicted octanol–water partition coefficient (Wildman–Crippen LogP) is 4.51. The van der Waals surface area contributed by atoms with Gasteiger partial charge in [-0.05, 0) is 57.6 Å². The van der Waals surface area contributed by atoms with Crippen LogP contribution in [0.3, 0.4) is 0 Å². The van der Waals surface area contributed by atoms with Gasteiger partial charge < -0.3 is 18.9 Å². The van der Waals surface area contributed by atoms with Crippen molar-refractivity contribution < 1.29 is 14.3 Å². The van der Waals surface area contributed by atoms with E-state index in [2.05, 4.69) is 46.9 Å². The third-order valence-electron chi connectivity index (χ3n) is 7.54. The number of fused-ring (bicyclic) bond motifs is 3. The maximum Gasteiger partial charge on any atom is 0.242 e. The molecule has 6 nitrogen and oxygen atoms in total. The minimum absolute atomic E-state index is 0.0707. The molecular formula is C24H30BrN3O3. The summed E-state index contributed by atoms with van der Waals surface area (Å²) in [7, 11) is 0. The number of piperidine rings is 1. The first-order valence-electron chi connectivity index (χ1n) is 11.1.